The van der Waals surface area contributed by atoms with Crippen LogP contribution in [0.2, 0.25) is 0 Å². The quantitative estimate of drug-likeness (QED) is 0.817. The summed E-state index contributed by atoms with van der Waals surface area (Å²) in [4.78, 5) is 9.52. The van der Waals surface area contributed by atoms with E-state index in [9.17, 15) is 0 Å². The molecular formula is C15H25N3. The highest BCUT2D eigenvalue weighted by Gasteiger charge is 2.18. The highest BCUT2D eigenvalue weighted by atomic mass is 15.2. The molecule has 1 aromatic heterocycles. The van der Waals surface area contributed by atoms with Crippen molar-refractivity contribution in [1.82, 2.24) is 14.8 Å². The van der Waals surface area contributed by atoms with Crippen molar-refractivity contribution in [1.29, 1.82) is 0 Å². The van der Waals surface area contributed by atoms with E-state index in [2.05, 4.69) is 54.0 Å². The fourth-order valence-electron chi connectivity index (χ4n) is 2.73. The van der Waals surface area contributed by atoms with Gasteiger partial charge in [0.2, 0.25) is 0 Å². The van der Waals surface area contributed by atoms with E-state index in [-0.39, 0.29) is 0 Å². The zero-order chi connectivity index (χ0) is 13.0. The summed E-state index contributed by atoms with van der Waals surface area (Å²) in [7, 11) is 4.39. The minimum absolute atomic E-state index is 0.750. The van der Waals surface area contributed by atoms with Crippen LogP contribution in [0.25, 0.3) is 0 Å². The van der Waals surface area contributed by atoms with Crippen LogP contribution in [0.3, 0.4) is 0 Å². The first-order chi connectivity index (χ1) is 8.65. The first-order valence-corrected chi connectivity index (χ1v) is 6.96. The van der Waals surface area contributed by atoms with Crippen LogP contribution in [0, 0.1) is 6.92 Å². The lowest BCUT2D eigenvalue weighted by Gasteiger charge is -2.23. The molecule has 3 heteroatoms. The van der Waals surface area contributed by atoms with Crippen LogP contribution in [0.15, 0.2) is 18.2 Å². The summed E-state index contributed by atoms with van der Waals surface area (Å²) in [5.41, 5.74) is 2.33. The van der Waals surface area contributed by atoms with E-state index in [0.717, 1.165) is 18.3 Å². The molecule has 1 aliphatic heterocycles. The Hall–Kier alpha value is -0.930. The molecule has 0 amide bonds. The number of aromatic nitrogens is 1. The van der Waals surface area contributed by atoms with Crippen molar-refractivity contribution in [2.45, 2.75) is 38.8 Å². The minimum atomic E-state index is 0.750. The number of pyridine rings is 1. The number of aryl methyl sites for hydroxylation is 1. The molecule has 1 atom stereocenters. The van der Waals surface area contributed by atoms with Crippen LogP contribution in [-0.2, 0) is 6.54 Å². The van der Waals surface area contributed by atoms with Crippen molar-refractivity contribution in [2.75, 3.05) is 27.2 Å². The molecule has 2 heterocycles. The van der Waals surface area contributed by atoms with Crippen LogP contribution < -0.4 is 0 Å². The molecule has 0 unspecified atom stereocenters. The van der Waals surface area contributed by atoms with Gasteiger partial charge in [-0.2, -0.15) is 0 Å². The molecule has 0 aliphatic carbocycles. The monoisotopic (exact) mass is 247 g/mol. The van der Waals surface area contributed by atoms with E-state index in [1.165, 1.54) is 38.0 Å². The molecule has 100 valence electrons. The Kier molecular flexibility index (Phi) is 4.72. The third kappa shape index (κ3) is 3.79. The number of hydrogen-bond acceptors (Lipinski definition) is 3. The molecule has 0 spiro atoms. The Morgan fingerprint density at radius 2 is 2.11 bits per heavy atom. The Labute approximate surface area is 111 Å². The normalized spacial score (nSPS) is 22.1. The number of likely N-dealkylation sites (tertiary alicyclic amines) is 1. The molecule has 3 nitrogen and oxygen atoms in total. The summed E-state index contributed by atoms with van der Waals surface area (Å²) in [5.74, 6) is 0. The molecular weight excluding hydrogens is 222 g/mol. The van der Waals surface area contributed by atoms with Gasteiger partial charge in [0.15, 0.2) is 0 Å². The Morgan fingerprint density at radius 1 is 1.28 bits per heavy atom. The van der Waals surface area contributed by atoms with Gasteiger partial charge in [0, 0.05) is 24.8 Å². The van der Waals surface area contributed by atoms with E-state index in [0.29, 0.717) is 0 Å². The first kappa shape index (κ1) is 13.5. The smallest absolute Gasteiger partial charge is 0.0547 e. The average molecular weight is 247 g/mol. The van der Waals surface area contributed by atoms with Gasteiger partial charge in [0.25, 0.3) is 0 Å². The van der Waals surface area contributed by atoms with Gasteiger partial charge in [-0.3, -0.25) is 9.88 Å². The van der Waals surface area contributed by atoms with Gasteiger partial charge in [-0.05, 0) is 59.0 Å². The molecule has 0 aromatic carbocycles. The molecule has 1 aromatic rings. The van der Waals surface area contributed by atoms with Crippen LogP contribution in [0.5, 0.6) is 0 Å². The Bertz CT molecular complexity index is 376. The molecule has 0 N–H and O–H groups in total. The van der Waals surface area contributed by atoms with Gasteiger partial charge >= 0.3 is 0 Å². The molecule has 0 radical (unpaired) electrons. The van der Waals surface area contributed by atoms with Crippen LogP contribution in [-0.4, -0.2) is 48.0 Å². The number of hydrogen-bond donors (Lipinski definition) is 0. The van der Waals surface area contributed by atoms with E-state index >= 15 is 0 Å². The van der Waals surface area contributed by atoms with Crippen LogP contribution >= 0.6 is 0 Å². The predicted octanol–water partition coefficient (Wildman–Crippen LogP) is 2.31. The van der Waals surface area contributed by atoms with Crippen LogP contribution in [0.4, 0.5) is 0 Å². The van der Waals surface area contributed by atoms with E-state index in [4.69, 9.17) is 0 Å². The van der Waals surface area contributed by atoms with E-state index in [1.54, 1.807) is 0 Å². The molecule has 1 fully saturated rings. The van der Waals surface area contributed by atoms with Gasteiger partial charge < -0.3 is 4.90 Å². The fourth-order valence-corrected chi connectivity index (χ4v) is 2.73. The van der Waals surface area contributed by atoms with Gasteiger partial charge in [-0.25, -0.2) is 0 Å². The van der Waals surface area contributed by atoms with Crippen molar-refractivity contribution in [3.63, 3.8) is 0 Å². The summed E-state index contributed by atoms with van der Waals surface area (Å²) in [5, 5.41) is 0. The maximum Gasteiger partial charge on any atom is 0.0547 e. The maximum atomic E-state index is 4.60. The predicted molar refractivity (Wildman–Crippen MR) is 75.6 cm³/mol. The minimum Gasteiger partial charge on any atom is -0.306 e. The standard InChI is InChI=1S/C15H25N3/c1-13-6-4-7-14(16-13)12-18-10-5-8-15(9-11-18)17(2)3/h4,6-7,15H,5,8-12H2,1-3H3/t15-/m0/s1. The molecule has 1 aliphatic rings. The third-order valence-corrected chi connectivity index (χ3v) is 3.85. The summed E-state index contributed by atoms with van der Waals surface area (Å²) in [6.45, 7) is 5.47. The molecule has 2 rings (SSSR count). The topological polar surface area (TPSA) is 19.4 Å². The van der Waals surface area contributed by atoms with Crippen LogP contribution in [0.1, 0.15) is 30.7 Å². The van der Waals surface area contributed by atoms with Crippen molar-refractivity contribution in [3.05, 3.63) is 29.6 Å². The summed E-state index contributed by atoms with van der Waals surface area (Å²) < 4.78 is 0. The van der Waals surface area contributed by atoms with Crippen molar-refractivity contribution >= 4 is 0 Å². The number of nitrogens with zero attached hydrogens (tertiary/aromatic N) is 3. The van der Waals surface area contributed by atoms with Crippen molar-refractivity contribution in [3.8, 4) is 0 Å². The van der Waals surface area contributed by atoms with Gasteiger partial charge in [-0.1, -0.05) is 6.07 Å². The van der Waals surface area contributed by atoms with Crippen molar-refractivity contribution in [2.24, 2.45) is 0 Å². The summed E-state index contributed by atoms with van der Waals surface area (Å²) in [6.07, 6.45) is 3.90. The molecule has 0 bridgehead atoms. The van der Waals surface area contributed by atoms with Gasteiger partial charge in [-0.15, -0.1) is 0 Å². The lowest BCUT2D eigenvalue weighted by molar-refractivity contribution is 0.244. The first-order valence-electron chi connectivity index (χ1n) is 6.96. The highest BCUT2D eigenvalue weighted by Crippen LogP contribution is 2.16. The Morgan fingerprint density at radius 3 is 2.83 bits per heavy atom. The number of rotatable bonds is 3. The second kappa shape index (κ2) is 6.30. The maximum absolute atomic E-state index is 4.60. The summed E-state index contributed by atoms with van der Waals surface area (Å²) in [6, 6.07) is 7.06. The largest absolute Gasteiger partial charge is 0.306 e. The second-order valence-electron chi connectivity index (χ2n) is 5.59. The average Bonchev–Trinajstić information content (AvgIpc) is 2.55. The third-order valence-electron chi connectivity index (χ3n) is 3.85. The lowest BCUT2D eigenvalue weighted by Crippen LogP contribution is -2.30. The summed E-state index contributed by atoms with van der Waals surface area (Å²) >= 11 is 0. The van der Waals surface area contributed by atoms with E-state index in [1.807, 2.05) is 0 Å². The lowest BCUT2D eigenvalue weighted by atomic mass is 10.1. The second-order valence-corrected chi connectivity index (χ2v) is 5.59. The zero-order valence-electron chi connectivity index (χ0n) is 11.9. The zero-order valence-corrected chi connectivity index (χ0v) is 11.9. The molecule has 1 saturated heterocycles. The fraction of sp³-hybridized carbons (Fsp3) is 0.667. The van der Waals surface area contributed by atoms with Gasteiger partial charge in [0.05, 0.1) is 5.69 Å². The molecule has 18 heavy (non-hydrogen) atoms. The highest BCUT2D eigenvalue weighted by molar-refractivity contribution is 5.09. The van der Waals surface area contributed by atoms with Gasteiger partial charge in [0.1, 0.15) is 0 Å². The van der Waals surface area contributed by atoms with Crippen molar-refractivity contribution < 1.29 is 0 Å². The van der Waals surface area contributed by atoms with E-state index < -0.39 is 0 Å². The SMILES string of the molecule is Cc1cccc(CN2CCC[C@H](N(C)C)CC2)n1. The Balaban J connectivity index is 1.91. The molecule has 0 saturated carbocycles.